The predicted octanol–water partition coefficient (Wildman–Crippen LogP) is 3.26. The second-order valence-electron chi connectivity index (χ2n) is 7.18. The van der Waals surface area contributed by atoms with Gasteiger partial charge in [0.2, 0.25) is 11.9 Å². The Morgan fingerprint density at radius 3 is 2.52 bits per heavy atom. The minimum absolute atomic E-state index is 0.192. The van der Waals surface area contributed by atoms with Crippen molar-refractivity contribution in [2.75, 3.05) is 11.9 Å². The van der Waals surface area contributed by atoms with E-state index in [0.29, 0.717) is 22.6 Å². The number of carbonyl (C=O) groups excluding carboxylic acids is 1. The van der Waals surface area contributed by atoms with E-state index in [1.165, 1.54) is 18.3 Å². The van der Waals surface area contributed by atoms with Crippen molar-refractivity contribution in [3.05, 3.63) is 72.1 Å². The Hall–Kier alpha value is -3.42. The monoisotopic (exact) mass is 395 g/mol. The number of nitrogens with zero attached hydrogens (tertiary/aromatic N) is 3. The lowest BCUT2D eigenvalue weighted by Crippen LogP contribution is -2.49. The van der Waals surface area contributed by atoms with Gasteiger partial charge in [-0.15, -0.1) is 0 Å². The van der Waals surface area contributed by atoms with Crippen LogP contribution < -0.4 is 11.1 Å². The van der Waals surface area contributed by atoms with E-state index in [-0.39, 0.29) is 25.1 Å². The molecule has 2 aromatic heterocycles. The van der Waals surface area contributed by atoms with E-state index >= 15 is 0 Å². The lowest BCUT2D eigenvalue weighted by atomic mass is 9.65. The topological polar surface area (TPSA) is 93.8 Å². The highest BCUT2D eigenvalue weighted by Gasteiger charge is 2.48. The quantitative estimate of drug-likeness (QED) is 0.668. The van der Waals surface area contributed by atoms with Gasteiger partial charge in [0.1, 0.15) is 12.0 Å². The van der Waals surface area contributed by atoms with Crippen molar-refractivity contribution in [1.82, 2.24) is 15.0 Å². The van der Waals surface area contributed by atoms with Crippen molar-refractivity contribution in [1.29, 1.82) is 0 Å². The fraction of sp³-hybridized carbons (Fsp3) is 0.238. The minimum atomic E-state index is -0.980. The predicted molar refractivity (Wildman–Crippen MR) is 104 cm³/mol. The number of aromatic nitrogens is 3. The van der Waals surface area contributed by atoms with Crippen LogP contribution in [0.5, 0.6) is 0 Å². The summed E-state index contributed by atoms with van der Waals surface area (Å²) in [7, 11) is 0. The Morgan fingerprint density at radius 1 is 1.14 bits per heavy atom. The van der Waals surface area contributed by atoms with E-state index in [2.05, 4.69) is 20.3 Å². The maximum atomic E-state index is 14.2. The molecule has 148 valence electrons. The Labute approximate surface area is 166 Å². The van der Waals surface area contributed by atoms with E-state index in [1.54, 1.807) is 36.7 Å². The molecule has 0 bridgehead atoms. The maximum absolute atomic E-state index is 14.2. The molecule has 1 aliphatic rings. The molecule has 8 heteroatoms. The van der Waals surface area contributed by atoms with Crippen molar-refractivity contribution in [2.24, 2.45) is 5.73 Å². The Bertz CT molecular complexity index is 1040. The number of carbonyl (C=O) groups is 1. The number of rotatable bonds is 6. The first-order valence-electron chi connectivity index (χ1n) is 9.19. The highest BCUT2D eigenvalue weighted by Crippen LogP contribution is 2.45. The number of hydrogen-bond donors (Lipinski definition) is 2. The first kappa shape index (κ1) is 18.9. The Kier molecular flexibility index (Phi) is 4.92. The third-order valence-corrected chi connectivity index (χ3v) is 5.23. The lowest BCUT2D eigenvalue weighted by molar-refractivity contribution is 0.0963. The van der Waals surface area contributed by atoms with Gasteiger partial charge >= 0.3 is 0 Å². The summed E-state index contributed by atoms with van der Waals surface area (Å²) < 4.78 is 27.9. The fourth-order valence-electron chi connectivity index (χ4n) is 3.74. The SMILES string of the molecule is NC(=O)c1ccccc1-c1cnc(NCC2(c3ncccc3F)CC(F)C2)nc1. The highest BCUT2D eigenvalue weighted by molar-refractivity contribution is 5.99. The largest absolute Gasteiger partial charge is 0.366 e. The molecule has 1 amide bonds. The van der Waals surface area contributed by atoms with Gasteiger partial charge in [-0.05, 0) is 36.6 Å². The number of hydrogen-bond acceptors (Lipinski definition) is 5. The van der Waals surface area contributed by atoms with Crippen molar-refractivity contribution in [2.45, 2.75) is 24.4 Å². The van der Waals surface area contributed by atoms with Gasteiger partial charge in [-0.2, -0.15) is 0 Å². The van der Waals surface area contributed by atoms with E-state index in [4.69, 9.17) is 5.73 Å². The molecule has 3 aromatic rings. The average molecular weight is 395 g/mol. The third-order valence-electron chi connectivity index (χ3n) is 5.23. The molecular formula is C21H19F2N5O. The summed E-state index contributed by atoms with van der Waals surface area (Å²) in [4.78, 5) is 24.3. The zero-order valence-electron chi connectivity index (χ0n) is 15.5. The molecule has 1 saturated carbocycles. The zero-order valence-corrected chi connectivity index (χ0v) is 15.5. The summed E-state index contributed by atoms with van der Waals surface area (Å²) in [6.07, 6.45) is 4.06. The smallest absolute Gasteiger partial charge is 0.249 e. The second kappa shape index (κ2) is 7.54. The van der Waals surface area contributed by atoms with Crippen LogP contribution in [0.3, 0.4) is 0 Å². The van der Waals surface area contributed by atoms with Crippen LogP contribution in [0.2, 0.25) is 0 Å². The van der Waals surface area contributed by atoms with Crippen LogP contribution in [-0.2, 0) is 5.41 Å². The Morgan fingerprint density at radius 2 is 1.86 bits per heavy atom. The molecule has 0 spiro atoms. The maximum Gasteiger partial charge on any atom is 0.249 e. The van der Waals surface area contributed by atoms with Gasteiger partial charge in [-0.25, -0.2) is 18.7 Å². The number of halogens is 2. The molecule has 1 aliphatic carbocycles. The number of pyridine rings is 1. The number of anilines is 1. The van der Waals surface area contributed by atoms with Crippen molar-refractivity contribution >= 4 is 11.9 Å². The number of benzene rings is 1. The number of nitrogens with two attached hydrogens (primary N) is 1. The third kappa shape index (κ3) is 3.65. The summed E-state index contributed by atoms with van der Waals surface area (Å²) in [6.45, 7) is 0.262. The molecule has 2 heterocycles. The molecule has 1 aromatic carbocycles. The molecule has 6 nitrogen and oxygen atoms in total. The van der Waals surface area contributed by atoms with Gasteiger partial charge < -0.3 is 11.1 Å². The summed E-state index contributed by atoms with van der Waals surface area (Å²) in [5.41, 5.74) is 6.60. The van der Waals surface area contributed by atoms with Crippen molar-refractivity contribution in [3.63, 3.8) is 0 Å². The van der Waals surface area contributed by atoms with E-state index in [0.717, 1.165) is 0 Å². The molecule has 0 radical (unpaired) electrons. The van der Waals surface area contributed by atoms with Gasteiger partial charge in [0.05, 0.1) is 5.69 Å². The van der Waals surface area contributed by atoms with E-state index < -0.39 is 23.3 Å². The highest BCUT2D eigenvalue weighted by atomic mass is 19.1. The molecule has 1 fully saturated rings. The van der Waals surface area contributed by atoms with Crippen molar-refractivity contribution < 1.29 is 13.6 Å². The average Bonchev–Trinajstić information content (AvgIpc) is 2.71. The molecule has 29 heavy (non-hydrogen) atoms. The lowest BCUT2D eigenvalue weighted by Gasteiger charge is -2.43. The van der Waals surface area contributed by atoms with Gasteiger partial charge in [0.15, 0.2) is 0 Å². The fourth-order valence-corrected chi connectivity index (χ4v) is 3.74. The molecule has 0 saturated heterocycles. The van der Waals surface area contributed by atoms with Gasteiger partial charge in [0.25, 0.3) is 0 Å². The van der Waals surface area contributed by atoms with E-state index in [9.17, 15) is 13.6 Å². The standard InChI is InChI=1S/C21H19F2N5O/c22-14-8-21(9-14,18-17(23)6-3-7-25-18)12-28-20-26-10-13(11-27-20)15-4-1-2-5-16(15)19(24)29/h1-7,10-11,14H,8-9,12H2,(H2,24,29)(H,26,27,28). The molecule has 4 rings (SSSR count). The van der Waals surface area contributed by atoms with Gasteiger partial charge in [-0.3, -0.25) is 9.78 Å². The van der Waals surface area contributed by atoms with Crippen LogP contribution in [0, 0.1) is 5.82 Å². The van der Waals surface area contributed by atoms with Gasteiger partial charge in [-0.1, -0.05) is 18.2 Å². The first-order valence-corrected chi connectivity index (χ1v) is 9.19. The number of alkyl halides is 1. The van der Waals surface area contributed by atoms with Gasteiger partial charge in [0, 0.05) is 41.7 Å². The summed E-state index contributed by atoms with van der Waals surface area (Å²) in [6, 6.07) is 9.77. The molecule has 0 atom stereocenters. The minimum Gasteiger partial charge on any atom is -0.366 e. The molecule has 0 aliphatic heterocycles. The van der Waals surface area contributed by atoms with Crippen LogP contribution in [0.25, 0.3) is 11.1 Å². The normalized spacial score (nSPS) is 20.7. The van der Waals surface area contributed by atoms with Crippen LogP contribution in [0.4, 0.5) is 14.7 Å². The molecular weight excluding hydrogens is 376 g/mol. The summed E-state index contributed by atoms with van der Waals surface area (Å²) in [5, 5.41) is 3.06. The Balaban J connectivity index is 1.52. The summed E-state index contributed by atoms with van der Waals surface area (Å²) >= 11 is 0. The summed E-state index contributed by atoms with van der Waals surface area (Å²) in [5.74, 6) is -0.656. The van der Waals surface area contributed by atoms with Crippen LogP contribution >= 0.6 is 0 Å². The van der Waals surface area contributed by atoms with Crippen LogP contribution in [-0.4, -0.2) is 33.6 Å². The van der Waals surface area contributed by atoms with Crippen LogP contribution in [0.15, 0.2) is 55.0 Å². The molecule has 3 N–H and O–H groups in total. The number of amides is 1. The van der Waals surface area contributed by atoms with E-state index in [1.807, 2.05) is 0 Å². The number of primary amides is 1. The van der Waals surface area contributed by atoms with Crippen molar-refractivity contribution in [3.8, 4) is 11.1 Å². The zero-order chi connectivity index (χ0) is 20.4. The van der Waals surface area contributed by atoms with Crippen LogP contribution in [0.1, 0.15) is 28.9 Å². The number of nitrogens with one attached hydrogen (secondary N) is 1. The first-order chi connectivity index (χ1) is 14.0. The second-order valence-corrected chi connectivity index (χ2v) is 7.18. The molecule has 0 unspecified atom stereocenters.